The van der Waals surface area contributed by atoms with Crippen LogP contribution in [0.5, 0.6) is 0 Å². The number of ether oxygens (including phenoxy) is 3. The Morgan fingerprint density at radius 2 is 0.557 bits per heavy atom. The SMILES string of the molecule is CC/C=C\C/C=C\C/C=C\C/C=C\CCCCCCCCC(=O)OCC(COC(=O)CCCCCCC/C=C\C/C=C\C/C=C\CC)OC(=O)CCCCCCCCC/C=C\CCCCCCCCC. The maximum atomic E-state index is 12.9. The lowest BCUT2D eigenvalue weighted by molar-refractivity contribution is -0.167. The topological polar surface area (TPSA) is 78.9 Å². The number of hydrogen-bond donors (Lipinski definition) is 0. The fraction of sp³-hybridized carbons (Fsp3) is 0.703. The van der Waals surface area contributed by atoms with E-state index in [0.29, 0.717) is 19.3 Å². The van der Waals surface area contributed by atoms with E-state index < -0.39 is 6.10 Å². The standard InChI is InChI=1S/C64H108O6/c1-4-7-10-13-16-19-22-25-28-30-32-34-36-39-42-45-48-51-54-57-63(66)69-60-61(59-68-62(65)56-53-50-47-44-41-38-35-27-24-21-18-15-12-9-6-3)70-64(67)58-55-52-49-46-43-40-37-33-31-29-26-23-20-17-14-11-8-5-2/h7,9-10,12,16,18-19,21,25,27-29,31-32,34-35,61H,4-6,8,11,13-15,17,20,22-24,26,30,33,36-60H2,1-3H3/b10-7-,12-9-,19-16-,21-18-,28-25-,31-29-,34-32-,35-27-. The van der Waals surface area contributed by atoms with Crippen molar-refractivity contribution in [2.45, 2.75) is 277 Å². The lowest BCUT2D eigenvalue weighted by Gasteiger charge is -2.18. The highest BCUT2D eigenvalue weighted by molar-refractivity contribution is 5.71. The number of carbonyl (C=O) groups is 3. The van der Waals surface area contributed by atoms with E-state index in [-0.39, 0.29) is 31.1 Å². The molecule has 0 bridgehead atoms. The van der Waals surface area contributed by atoms with Crippen molar-refractivity contribution in [3.8, 4) is 0 Å². The molecule has 0 aliphatic heterocycles. The van der Waals surface area contributed by atoms with Crippen LogP contribution in [-0.2, 0) is 28.6 Å². The fourth-order valence-corrected chi connectivity index (χ4v) is 7.97. The molecule has 0 aliphatic carbocycles. The van der Waals surface area contributed by atoms with Gasteiger partial charge in [0.25, 0.3) is 0 Å². The van der Waals surface area contributed by atoms with Gasteiger partial charge < -0.3 is 14.2 Å². The molecule has 0 saturated carbocycles. The largest absolute Gasteiger partial charge is 0.462 e. The molecule has 0 aromatic carbocycles. The predicted molar refractivity (Wildman–Crippen MR) is 302 cm³/mol. The van der Waals surface area contributed by atoms with Crippen LogP contribution in [0.3, 0.4) is 0 Å². The number of rotatable bonds is 52. The zero-order chi connectivity index (χ0) is 50.7. The van der Waals surface area contributed by atoms with Crippen molar-refractivity contribution < 1.29 is 28.6 Å². The molecule has 6 heteroatoms. The molecule has 0 heterocycles. The highest BCUT2D eigenvalue weighted by atomic mass is 16.6. The molecule has 0 aromatic rings. The summed E-state index contributed by atoms with van der Waals surface area (Å²) in [4.78, 5) is 38.2. The summed E-state index contributed by atoms with van der Waals surface area (Å²) in [5, 5.41) is 0. The Bertz CT molecular complexity index is 1400. The van der Waals surface area contributed by atoms with Gasteiger partial charge in [-0.2, -0.15) is 0 Å². The third-order valence-corrected chi connectivity index (χ3v) is 12.3. The van der Waals surface area contributed by atoms with Gasteiger partial charge in [0.1, 0.15) is 13.2 Å². The summed E-state index contributed by atoms with van der Waals surface area (Å²) in [5.74, 6) is -0.922. The average molecular weight is 974 g/mol. The van der Waals surface area contributed by atoms with Crippen molar-refractivity contribution in [1.29, 1.82) is 0 Å². The van der Waals surface area contributed by atoms with Crippen molar-refractivity contribution in [2.75, 3.05) is 13.2 Å². The molecule has 400 valence electrons. The monoisotopic (exact) mass is 973 g/mol. The second-order valence-electron chi connectivity index (χ2n) is 19.1. The van der Waals surface area contributed by atoms with Crippen LogP contribution in [0.1, 0.15) is 271 Å². The second kappa shape index (κ2) is 57.9. The Balaban J connectivity index is 4.44. The Kier molecular flexibility index (Phi) is 54.9. The van der Waals surface area contributed by atoms with E-state index in [1.165, 1.54) is 96.3 Å². The van der Waals surface area contributed by atoms with E-state index in [9.17, 15) is 14.4 Å². The van der Waals surface area contributed by atoms with Gasteiger partial charge in [0.05, 0.1) is 0 Å². The highest BCUT2D eigenvalue weighted by Crippen LogP contribution is 2.15. The van der Waals surface area contributed by atoms with Gasteiger partial charge >= 0.3 is 17.9 Å². The summed E-state index contributed by atoms with van der Waals surface area (Å²) >= 11 is 0. The van der Waals surface area contributed by atoms with Crippen LogP contribution in [0.15, 0.2) is 97.2 Å². The summed E-state index contributed by atoms with van der Waals surface area (Å²) in [6.07, 6.45) is 76.8. The lowest BCUT2D eigenvalue weighted by Crippen LogP contribution is -2.30. The third-order valence-electron chi connectivity index (χ3n) is 12.3. The Hall–Kier alpha value is -3.67. The number of esters is 3. The molecular formula is C64H108O6. The van der Waals surface area contributed by atoms with Crippen molar-refractivity contribution >= 4 is 17.9 Å². The first-order chi connectivity index (χ1) is 34.5. The second-order valence-corrected chi connectivity index (χ2v) is 19.1. The van der Waals surface area contributed by atoms with Gasteiger partial charge in [-0.05, 0) is 116 Å². The van der Waals surface area contributed by atoms with Crippen LogP contribution in [-0.4, -0.2) is 37.2 Å². The first-order valence-electron chi connectivity index (χ1n) is 29.2. The van der Waals surface area contributed by atoms with Crippen molar-refractivity contribution in [2.24, 2.45) is 0 Å². The Labute approximate surface area is 432 Å². The van der Waals surface area contributed by atoms with Gasteiger partial charge in [0.15, 0.2) is 6.10 Å². The van der Waals surface area contributed by atoms with Crippen molar-refractivity contribution in [3.05, 3.63) is 97.2 Å². The van der Waals surface area contributed by atoms with Crippen LogP contribution in [0.2, 0.25) is 0 Å². The lowest BCUT2D eigenvalue weighted by atomic mass is 10.1. The van der Waals surface area contributed by atoms with Gasteiger partial charge in [-0.25, -0.2) is 0 Å². The van der Waals surface area contributed by atoms with E-state index in [1.807, 2.05) is 0 Å². The molecule has 0 rings (SSSR count). The summed E-state index contributed by atoms with van der Waals surface area (Å²) in [6.45, 7) is 6.40. The van der Waals surface area contributed by atoms with Crippen molar-refractivity contribution in [3.63, 3.8) is 0 Å². The molecule has 0 aromatic heterocycles. The summed E-state index contributed by atoms with van der Waals surface area (Å²) in [7, 11) is 0. The molecule has 0 saturated heterocycles. The van der Waals surface area contributed by atoms with Crippen LogP contribution in [0.25, 0.3) is 0 Å². The molecule has 0 amide bonds. The Morgan fingerprint density at radius 1 is 0.300 bits per heavy atom. The van der Waals surface area contributed by atoms with Crippen LogP contribution >= 0.6 is 0 Å². The third kappa shape index (κ3) is 55.3. The number of hydrogen-bond acceptors (Lipinski definition) is 6. The smallest absolute Gasteiger partial charge is 0.306 e. The summed E-state index contributed by atoms with van der Waals surface area (Å²) in [5.41, 5.74) is 0. The van der Waals surface area contributed by atoms with Crippen LogP contribution in [0, 0.1) is 0 Å². The minimum absolute atomic E-state index is 0.0928. The van der Waals surface area contributed by atoms with Gasteiger partial charge in [-0.1, -0.05) is 234 Å². The van der Waals surface area contributed by atoms with E-state index >= 15 is 0 Å². The maximum absolute atomic E-state index is 12.9. The van der Waals surface area contributed by atoms with Crippen LogP contribution < -0.4 is 0 Å². The van der Waals surface area contributed by atoms with E-state index in [0.717, 1.165) is 135 Å². The quantitative estimate of drug-likeness (QED) is 0.0262. The van der Waals surface area contributed by atoms with Crippen LogP contribution in [0.4, 0.5) is 0 Å². The van der Waals surface area contributed by atoms with E-state index in [2.05, 4.69) is 118 Å². The molecule has 70 heavy (non-hydrogen) atoms. The molecular weight excluding hydrogens is 865 g/mol. The van der Waals surface area contributed by atoms with Gasteiger partial charge in [-0.3, -0.25) is 14.4 Å². The number of allylic oxidation sites excluding steroid dienone is 16. The summed E-state index contributed by atoms with van der Waals surface area (Å²) < 4.78 is 16.9. The minimum Gasteiger partial charge on any atom is -0.462 e. The molecule has 1 unspecified atom stereocenters. The number of unbranched alkanes of at least 4 members (excludes halogenated alkanes) is 25. The van der Waals surface area contributed by atoms with E-state index in [4.69, 9.17) is 14.2 Å². The Morgan fingerprint density at radius 3 is 0.886 bits per heavy atom. The maximum Gasteiger partial charge on any atom is 0.306 e. The number of carbonyl (C=O) groups excluding carboxylic acids is 3. The normalized spacial score (nSPS) is 12.8. The highest BCUT2D eigenvalue weighted by Gasteiger charge is 2.19. The van der Waals surface area contributed by atoms with E-state index in [1.54, 1.807) is 0 Å². The minimum atomic E-state index is -0.795. The first kappa shape index (κ1) is 66.3. The molecule has 0 fully saturated rings. The van der Waals surface area contributed by atoms with Gasteiger partial charge in [-0.15, -0.1) is 0 Å². The van der Waals surface area contributed by atoms with Crippen molar-refractivity contribution in [1.82, 2.24) is 0 Å². The summed E-state index contributed by atoms with van der Waals surface area (Å²) in [6, 6.07) is 0. The predicted octanol–water partition coefficient (Wildman–Crippen LogP) is 19.7. The zero-order valence-corrected chi connectivity index (χ0v) is 45.8. The average Bonchev–Trinajstić information content (AvgIpc) is 3.36. The van der Waals surface area contributed by atoms with Gasteiger partial charge in [0, 0.05) is 19.3 Å². The fourth-order valence-electron chi connectivity index (χ4n) is 7.97. The first-order valence-corrected chi connectivity index (χ1v) is 29.2. The molecule has 0 radical (unpaired) electrons. The molecule has 6 nitrogen and oxygen atoms in total. The zero-order valence-electron chi connectivity index (χ0n) is 45.8. The molecule has 1 atom stereocenters. The molecule has 0 N–H and O–H groups in total. The molecule has 0 aliphatic rings. The van der Waals surface area contributed by atoms with Gasteiger partial charge in [0.2, 0.25) is 0 Å². The molecule has 0 spiro atoms.